The Labute approximate surface area is 157 Å². The van der Waals surface area contributed by atoms with Gasteiger partial charge in [0.2, 0.25) is 5.91 Å². The lowest BCUT2D eigenvalue weighted by molar-refractivity contribution is -0.123. The van der Waals surface area contributed by atoms with Crippen molar-refractivity contribution in [1.29, 1.82) is 0 Å². The lowest BCUT2D eigenvalue weighted by Crippen LogP contribution is -2.49. The van der Waals surface area contributed by atoms with E-state index in [2.05, 4.69) is 35.0 Å². The number of fused-ring (bicyclic) bond motifs is 1. The van der Waals surface area contributed by atoms with Crippen molar-refractivity contribution in [3.63, 3.8) is 0 Å². The largest absolute Gasteiger partial charge is 0.485 e. The van der Waals surface area contributed by atoms with E-state index >= 15 is 0 Å². The molecule has 3 rings (SSSR count). The quantitative estimate of drug-likeness (QED) is 0.848. The maximum absolute atomic E-state index is 12.4. The lowest BCUT2D eigenvalue weighted by atomic mass is 9.86. The molecule has 2 aliphatic rings. The van der Waals surface area contributed by atoms with Crippen LogP contribution in [0, 0.1) is 5.92 Å². The van der Waals surface area contributed by atoms with Gasteiger partial charge in [0.1, 0.15) is 11.9 Å². The molecule has 3 atom stereocenters. The van der Waals surface area contributed by atoms with Gasteiger partial charge in [-0.2, -0.15) is 0 Å². The Morgan fingerprint density at radius 3 is 2.85 bits per heavy atom. The molecule has 0 radical (unpaired) electrons. The number of hydrogen-bond acceptors (Lipinski definition) is 4. The number of carbonyl (C=O) groups excluding carboxylic acids is 1. The Morgan fingerprint density at radius 2 is 2.08 bits per heavy atom. The Balaban J connectivity index is 1.50. The van der Waals surface area contributed by atoms with Crippen molar-refractivity contribution < 1.29 is 9.53 Å². The molecular formula is C21H33N3O2. The standard InChI is InChI=1S/C21H33N3O2/c1-4-24-14-17(26-20-12-8-7-11-19(20)24)13-23(3)15-21(25)22-18-10-6-5-9-16(18)2/h7-8,11-12,16-18H,4-6,9-10,13-15H2,1-3H3,(H,22,25). The van der Waals surface area contributed by atoms with Crippen LogP contribution in [-0.2, 0) is 4.79 Å². The monoisotopic (exact) mass is 359 g/mol. The van der Waals surface area contributed by atoms with Crippen LogP contribution in [0.25, 0.3) is 0 Å². The highest BCUT2D eigenvalue weighted by molar-refractivity contribution is 5.78. The molecule has 5 heteroatoms. The molecule has 144 valence electrons. The maximum Gasteiger partial charge on any atom is 0.234 e. The van der Waals surface area contributed by atoms with E-state index in [4.69, 9.17) is 4.74 Å². The second-order valence-electron chi connectivity index (χ2n) is 7.88. The molecule has 1 fully saturated rings. The van der Waals surface area contributed by atoms with Gasteiger partial charge in [-0.3, -0.25) is 9.69 Å². The lowest BCUT2D eigenvalue weighted by Gasteiger charge is -2.37. The van der Waals surface area contributed by atoms with Crippen LogP contribution in [0.2, 0.25) is 0 Å². The molecule has 0 aromatic heterocycles. The smallest absolute Gasteiger partial charge is 0.234 e. The third-order valence-electron chi connectivity index (χ3n) is 5.69. The molecule has 0 saturated heterocycles. The van der Waals surface area contributed by atoms with Gasteiger partial charge in [-0.25, -0.2) is 0 Å². The minimum atomic E-state index is 0.0799. The number of para-hydroxylation sites is 2. The highest BCUT2D eigenvalue weighted by atomic mass is 16.5. The second-order valence-corrected chi connectivity index (χ2v) is 7.88. The summed E-state index contributed by atoms with van der Waals surface area (Å²) in [6, 6.07) is 8.54. The Hall–Kier alpha value is -1.75. The van der Waals surface area contributed by atoms with Crippen LogP contribution in [0.1, 0.15) is 39.5 Å². The van der Waals surface area contributed by atoms with Gasteiger partial charge in [-0.05, 0) is 44.9 Å². The van der Waals surface area contributed by atoms with Gasteiger partial charge < -0.3 is 15.0 Å². The van der Waals surface area contributed by atoms with E-state index in [1.54, 1.807) is 0 Å². The number of nitrogens with one attached hydrogen (secondary N) is 1. The van der Waals surface area contributed by atoms with Gasteiger partial charge in [0.25, 0.3) is 0 Å². The summed E-state index contributed by atoms with van der Waals surface area (Å²) in [6.45, 7) is 7.41. The number of rotatable bonds is 6. The predicted molar refractivity (Wildman–Crippen MR) is 106 cm³/mol. The van der Waals surface area contributed by atoms with Crippen molar-refractivity contribution in [1.82, 2.24) is 10.2 Å². The summed E-state index contributed by atoms with van der Waals surface area (Å²) >= 11 is 0. The summed E-state index contributed by atoms with van der Waals surface area (Å²) in [5, 5.41) is 3.24. The minimum Gasteiger partial charge on any atom is -0.485 e. The fourth-order valence-electron chi connectivity index (χ4n) is 4.21. The van der Waals surface area contributed by atoms with Crippen LogP contribution < -0.4 is 15.0 Å². The minimum absolute atomic E-state index is 0.0799. The van der Waals surface area contributed by atoms with Crippen molar-refractivity contribution in [2.24, 2.45) is 5.92 Å². The van der Waals surface area contributed by atoms with Crippen molar-refractivity contribution >= 4 is 11.6 Å². The molecule has 1 aromatic rings. The van der Waals surface area contributed by atoms with Crippen LogP contribution in [-0.4, -0.2) is 56.2 Å². The Bertz CT molecular complexity index is 607. The number of carbonyl (C=O) groups is 1. The van der Waals surface area contributed by atoms with E-state index in [0.29, 0.717) is 18.5 Å². The molecule has 1 aromatic carbocycles. The number of anilines is 1. The highest BCUT2D eigenvalue weighted by Crippen LogP contribution is 2.32. The number of likely N-dealkylation sites (N-methyl/N-ethyl adjacent to an activating group) is 2. The van der Waals surface area contributed by atoms with Gasteiger partial charge in [0, 0.05) is 19.1 Å². The van der Waals surface area contributed by atoms with Crippen molar-refractivity contribution in [2.45, 2.75) is 51.7 Å². The molecule has 1 heterocycles. The normalized spacial score (nSPS) is 25.5. The average Bonchev–Trinajstić information content (AvgIpc) is 2.62. The van der Waals surface area contributed by atoms with Crippen LogP contribution in [0.5, 0.6) is 5.75 Å². The van der Waals surface area contributed by atoms with E-state index in [0.717, 1.165) is 37.5 Å². The van der Waals surface area contributed by atoms with E-state index in [-0.39, 0.29) is 12.0 Å². The molecule has 1 saturated carbocycles. The molecule has 0 spiro atoms. The highest BCUT2D eigenvalue weighted by Gasteiger charge is 2.27. The molecule has 0 bridgehead atoms. The fraction of sp³-hybridized carbons (Fsp3) is 0.667. The molecule has 26 heavy (non-hydrogen) atoms. The third-order valence-corrected chi connectivity index (χ3v) is 5.69. The van der Waals surface area contributed by atoms with E-state index in [1.165, 1.54) is 19.3 Å². The number of hydrogen-bond donors (Lipinski definition) is 1. The first-order valence-corrected chi connectivity index (χ1v) is 10.1. The van der Waals surface area contributed by atoms with Crippen molar-refractivity contribution in [3.8, 4) is 5.75 Å². The first-order chi connectivity index (χ1) is 12.6. The number of amides is 1. The van der Waals surface area contributed by atoms with Gasteiger partial charge in [-0.15, -0.1) is 0 Å². The van der Waals surface area contributed by atoms with Crippen LogP contribution in [0.15, 0.2) is 24.3 Å². The summed E-state index contributed by atoms with van der Waals surface area (Å²) < 4.78 is 6.17. The molecule has 1 amide bonds. The average molecular weight is 360 g/mol. The Kier molecular flexibility index (Phi) is 6.41. The molecule has 1 N–H and O–H groups in total. The first-order valence-electron chi connectivity index (χ1n) is 10.1. The maximum atomic E-state index is 12.4. The molecule has 3 unspecified atom stereocenters. The van der Waals surface area contributed by atoms with E-state index < -0.39 is 0 Å². The molecule has 1 aliphatic carbocycles. The van der Waals surface area contributed by atoms with E-state index in [9.17, 15) is 4.79 Å². The van der Waals surface area contributed by atoms with Crippen LogP contribution in [0.4, 0.5) is 5.69 Å². The summed E-state index contributed by atoms with van der Waals surface area (Å²) in [7, 11) is 2.00. The summed E-state index contributed by atoms with van der Waals surface area (Å²) in [5.74, 6) is 1.67. The topological polar surface area (TPSA) is 44.8 Å². The van der Waals surface area contributed by atoms with Gasteiger partial charge in [0.05, 0.1) is 18.8 Å². The molecule has 5 nitrogen and oxygen atoms in total. The summed E-state index contributed by atoms with van der Waals surface area (Å²) in [5.41, 5.74) is 1.16. The van der Waals surface area contributed by atoms with Crippen LogP contribution in [0.3, 0.4) is 0 Å². The number of ether oxygens (including phenoxy) is 1. The van der Waals surface area contributed by atoms with Gasteiger partial charge >= 0.3 is 0 Å². The van der Waals surface area contributed by atoms with Crippen LogP contribution >= 0.6 is 0 Å². The third kappa shape index (κ3) is 4.70. The number of benzene rings is 1. The molecule has 1 aliphatic heterocycles. The zero-order valence-corrected chi connectivity index (χ0v) is 16.4. The first kappa shape index (κ1) is 19.0. The summed E-state index contributed by atoms with van der Waals surface area (Å²) in [4.78, 5) is 16.9. The molecular weight excluding hydrogens is 326 g/mol. The zero-order chi connectivity index (χ0) is 18.5. The van der Waals surface area contributed by atoms with Gasteiger partial charge in [0.15, 0.2) is 0 Å². The summed E-state index contributed by atoms with van der Waals surface area (Å²) in [6.07, 6.45) is 4.94. The second kappa shape index (κ2) is 8.76. The SMILES string of the molecule is CCN1CC(CN(C)CC(=O)NC2CCCCC2C)Oc2ccccc21. The van der Waals surface area contributed by atoms with Gasteiger partial charge in [-0.1, -0.05) is 31.9 Å². The zero-order valence-electron chi connectivity index (χ0n) is 16.4. The fourth-order valence-corrected chi connectivity index (χ4v) is 4.21. The van der Waals surface area contributed by atoms with Crippen molar-refractivity contribution in [2.75, 3.05) is 38.1 Å². The number of nitrogens with zero attached hydrogens (tertiary/aromatic N) is 2. The van der Waals surface area contributed by atoms with Crippen molar-refractivity contribution in [3.05, 3.63) is 24.3 Å². The Morgan fingerprint density at radius 1 is 1.31 bits per heavy atom. The van der Waals surface area contributed by atoms with E-state index in [1.807, 2.05) is 25.2 Å². The predicted octanol–water partition coefficient (Wildman–Crippen LogP) is 2.90.